The van der Waals surface area contributed by atoms with Crippen LogP contribution in [0, 0.1) is 13.8 Å². The summed E-state index contributed by atoms with van der Waals surface area (Å²) in [6.45, 7) is 6.62. The number of nitrogens with one attached hydrogen (secondary N) is 2. The fourth-order valence-electron chi connectivity index (χ4n) is 2.41. The topological polar surface area (TPSA) is 53.5 Å². The van der Waals surface area contributed by atoms with Crippen molar-refractivity contribution in [3.63, 3.8) is 0 Å². The Kier molecular flexibility index (Phi) is 6.91. The van der Waals surface area contributed by atoms with Crippen LogP contribution >= 0.6 is 0 Å². The molecule has 0 fully saturated rings. The number of aliphatic hydroxyl groups is 1. The van der Waals surface area contributed by atoms with Crippen LogP contribution in [-0.2, 0) is 0 Å². The Bertz CT molecular complexity index is 567. The summed E-state index contributed by atoms with van der Waals surface area (Å²) < 4.78 is 5.52. The van der Waals surface area contributed by atoms with Crippen molar-refractivity contribution >= 4 is 5.69 Å². The van der Waals surface area contributed by atoms with E-state index in [1.807, 2.05) is 30.3 Å². The fraction of sp³-hybridized carbons (Fsp3) is 0.368. The first-order valence-electron chi connectivity index (χ1n) is 8.03. The Hall–Kier alpha value is -2.04. The predicted octanol–water partition coefficient (Wildman–Crippen LogP) is 2.74. The summed E-state index contributed by atoms with van der Waals surface area (Å²) in [5, 5.41) is 16.6. The summed E-state index contributed by atoms with van der Waals surface area (Å²) in [7, 11) is 0. The van der Waals surface area contributed by atoms with Gasteiger partial charge in [0.1, 0.15) is 18.5 Å². The lowest BCUT2D eigenvalue weighted by Crippen LogP contribution is -2.34. The maximum Gasteiger partial charge on any atom is 0.119 e. The minimum atomic E-state index is -0.518. The molecule has 0 aliphatic rings. The van der Waals surface area contributed by atoms with E-state index in [-0.39, 0.29) is 0 Å². The molecule has 0 aliphatic heterocycles. The Balaban J connectivity index is 1.60. The summed E-state index contributed by atoms with van der Waals surface area (Å²) >= 11 is 0. The molecular formula is C19H26N2O2. The van der Waals surface area contributed by atoms with Gasteiger partial charge in [-0.05, 0) is 37.1 Å². The number of aliphatic hydroxyl groups excluding tert-OH is 1. The number of aryl methyl sites for hydroxylation is 2. The van der Waals surface area contributed by atoms with E-state index in [9.17, 15) is 5.11 Å². The van der Waals surface area contributed by atoms with Gasteiger partial charge in [-0.15, -0.1) is 0 Å². The standard InChI is InChI=1S/C19H26N2O2/c1-15-7-6-8-16(2)19(15)21-12-11-20-13-17(22)14-23-18-9-4-3-5-10-18/h3-10,17,20-22H,11-14H2,1-2H3. The SMILES string of the molecule is Cc1cccc(C)c1NCCNCC(O)COc1ccccc1. The lowest BCUT2D eigenvalue weighted by Gasteiger charge is -2.15. The first kappa shape index (κ1) is 17.3. The maximum absolute atomic E-state index is 9.91. The molecule has 0 aliphatic carbocycles. The fourth-order valence-corrected chi connectivity index (χ4v) is 2.41. The largest absolute Gasteiger partial charge is 0.491 e. The van der Waals surface area contributed by atoms with E-state index < -0.39 is 6.10 Å². The Morgan fingerprint density at radius 1 is 0.957 bits per heavy atom. The van der Waals surface area contributed by atoms with E-state index in [4.69, 9.17) is 4.74 Å². The van der Waals surface area contributed by atoms with Crippen molar-refractivity contribution in [3.8, 4) is 5.75 Å². The Morgan fingerprint density at radius 3 is 2.35 bits per heavy atom. The summed E-state index contributed by atoms with van der Waals surface area (Å²) in [4.78, 5) is 0. The average Bonchev–Trinajstić information content (AvgIpc) is 2.56. The van der Waals surface area contributed by atoms with Gasteiger partial charge in [-0.1, -0.05) is 36.4 Å². The molecule has 1 unspecified atom stereocenters. The van der Waals surface area contributed by atoms with E-state index in [1.165, 1.54) is 16.8 Å². The van der Waals surface area contributed by atoms with Crippen molar-refractivity contribution in [1.29, 1.82) is 0 Å². The molecule has 0 radical (unpaired) electrons. The molecule has 3 N–H and O–H groups in total. The zero-order valence-corrected chi connectivity index (χ0v) is 13.9. The van der Waals surface area contributed by atoms with Gasteiger partial charge in [0, 0.05) is 25.3 Å². The van der Waals surface area contributed by atoms with Crippen LogP contribution in [0.3, 0.4) is 0 Å². The zero-order chi connectivity index (χ0) is 16.5. The number of benzene rings is 2. The van der Waals surface area contributed by atoms with Crippen LogP contribution < -0.4 is 15.4 Å². The molecule has 0 heterocycles. The van der Waals surface area contributed by atoms with E-state index >= 15 is 0 Å². The summed E-state index contributed by atoms with van der Waals surface area (Å²) in [5.74, 6) is 0.781. The van der Waals surface area contributed by atoms with Gasteiger partial charge in [-0.25, -0.2) is 0 Å². The zero-order valence-electron chi connectivity index (χ0n) is 13.9. The molecule has 2 rings (SSSR count). The third kappa shape index (κ3) is 5.93. The molecule has 2 aromatic carbocycles. The maximum atomic E-state index is 9.91. The van der Waals surface area contributed by atoms with Gasteiger partial charge >= 0.3 is 0 Å². The first-order chi connectivity index (χ1) is 11.2. The van der Waals surface area contributed by atoms with E-state index in [0.29, 0.717) is 13.2 Å². The van der Waals surface area contributed by atoms with Crippen LogP contribution in [0.5, 0.6) is 5.75 Å². The number of rotatable bonds is 9. The summed E-state index contributed by atoms with van der Waals surface area (Å²) in [6.07, 6.45) is -0.518. The highest BCUT2D eigenvalue weighted by atomic mass is 16.5. The quantitative estimate of drug-likeness (QED) is 0.623. The molecule has 124 valence electrons. The number of anilines is 1. The molecular weight excluding hydrogens is 288 g/mol. The van der Waals surface area contributed by atoms with Gasteiger partial charge in [0.15, 0.2) is 0 Å². The predicted molar refractivity (Wildman–Crippen MR) is 95.2 cm³/mol. The van der Waals surface area contributed by atoms with Gasteiger partial charge < -0.3 is 20.5 Å². The highest BCUT2D eigenvalue weighted by Crippen LogP contribution is 2.18. The van der Waals surface area contributed by atoms with Crippen molar-refractivity contribution in [1.82, 2.24) is 5.32 Å². The molecule has 4 heteroatoms. The van der Waals surface area contributed by atoms with Crippen LogP contribution in [0.15, 0.2) is 48.5 Å². The molecule has 2 aromatic rings. The van der Waals surface area contributed by atoms with Crippen LogP contribution in [0.1, 0.15) is 11.1 Å². The number of ether oxygens (including phenoxy) is 1. The van der Waals surface area contributed by atoms with E-state index in [2.05, 4.69) is 42.7 Å². The monoisotopic (exact) mass is 314 g/mol. The van der Waals surface area contributed by atoms with Crippen LogP contribution in [0.4, 0.5) is 5.69 Å². The van der Waals surface area contributed by atoms with Crippen molar-refractivity contribution in [3.05, 3.63) is 59.7 Å². The van der Waals surface area contributed by atoms with Gasteiger partial charge in [-0.3, -0.25) is 0 Å². The first-order valence-corrected chi connectivity index (χ1v) is 8.03. The summed E-state index contributed by atoms with van der Waals surface area (Å²) in [5.41, 5.74) is 3.70. The van der Waals surface area contributed by atoms with Crippen molar-refractivity contribution < 1.29 is 9.84 Å². The molecule has 0 aromatic heterocycles. The van der Waals surface area contributed by atoms with Crippen LogP contribution in [0.2, 0.25) is 0 Å². The van der Waals surface area contributed by atoms with Gasteiger partial charge in [0.25, 0.3) is 0 Å². The van der Waals surface area contributed by atoms with E-state index in [1.54, 1.807) is 0 Å². The number of para-hydroxylation sites is 2. The van der Waals surface area contributed by atoms with Gasteiger partial charge in [-0.2, -0.15) is 0 Å². The molecule has 0 spiro atoms. The van der Waals surface area contributed by atoms with Crippen molar-refractivity contribution in [2.24, 2.45) is 0 Å². The minimum Gasteiger partial charge on any atom is -0.491 e. The number of hydrogen-bond acceptors (Lipinski definition) is 4. The molecule has 4 nitrogen and oxygen atoms in total. The highest BCUT2D eigenvalue weighted by Gasteiger charge is 2.05. The second kappa shape index (κ2) is 9.18. The second-order valence-electron chi connectivity index (χ2n) is 5.68. The third-order valence-corrected chi connectivity index (χ3v) is 3.65. The van der Waals surface area contributed by atoms with E-state index in [0.717, 1.165) is 18.8 Å². The summed E-state index contributed by atoms with van der Waals surface area (Å²) in [6, 6.07) is 15.8. The van der Waals surface area contributed by atoms with Crippen molar-refractivity contribution in [2.75, 3.05) is 31.6 Å². The Morgan fingerprint density at radius 2 is 1.65 bits per heavy atom. The molecule has 0 bridgehead atoms. The Labute approximate surface area is 138 Å². The minimum absolute atomic E-state index is 0.293. The lowest BCUT2D eigenvalue weighted by atomic mass is 10.1. The average molecular weight is 314 g/mol. The lowest BCUT2D eigenvalue weighted by molar-refractivity contribution is 0.107. The molecule has 0 saturated carbocycles. The van der Waals surface area contributed by atoms with Crippen molar-refractivity contribution in [2.45, 2.75) is 20.0 Å². The number of hydrogen-bond donors (Lipinski definition) is 3. The van der Waals surface area contributed by atoms with Crippen LogP contribution in [0.25, 0.3) is 0 Å². The van der Waals surface area contributed by atoms with Gasteiger partial charge in [0.05, 0.1) is 0 Å². The molecule has 1 atom stereocenters. The van der Waals surface area contributed by atoms with Crippen LogP contribution in [-0.4, -0.2) is 37.5 Å². The van der Waals surface area contributed by atoms with Gasteiger partial charge in [0.2, 0.25) is 0 Å². The highest BCUT2D eigenvalue weighted by molar-refractivity contribution is 5.56. The smallest absolute Gasteiger partial charge is 0.119 e. The normalized spacial score (nSPS) is 12.0. The molecule has 23 heavy (non-hydrogen) atoms. The molecule has 0 saturated heterocycles. The molecule has 0 amide bonds. The second-order valence-corrected chi connectivity index (χ2v) is 5.68. The third-order valence-electron chi connectivity index (χ3n) is 3.65.